The number of pyridine rings is 1. The van der Waals surface area contributed by atoms with Gasteiger partial charge in [-0.25, -0.2) is 0 Å². The number of anilines is 1. The molecule has 7 heteroatoms. The molecule has 6 nitrogen and oxygen atoms in total. The lowest BCUT2D eigenvalue weighted by molar-refractivity contribution is -0.116. The Kier molecular flexibility index (Phi) is 6.82. The van der Waals surface area contributed by atoms with Crippen LogP contribution in [0.1, 0.15) is 41.0 Å². The second kappa shape index (κ2) is 10.3. The Hall–Kier alpha value is -3.97. The van der Waals surface area contributed by atoms with E-state index in [4.69, 9.17) is 12.2 Å². The van der Waals surface area contributed by atoms with E-state index in [0.29, 0.717) is 18.1 Å². The highest BCUT2D eigenvalue weighted by molar-refractivity contribution is 7.80. The molecule has 182 valence electrons. The van der Waals surface area contributed by atoms with Gasteiger partial charge in [-0.05, 0) is 73.6 Å². The number of benzene rings is 2. The lowest BCUT2D eigenvalue weighted by Crippen LogP contribution is -2.33. The summed E-state index contributed by atoms with van der Waals surface area (Å²) < 4.78 is 2.21. The van der Waals surface area contributed by atoms with Gasteiger partial charge in [0.25, 0.3) is 0 Å². The first-order valence-corrected chi connectivity index (χ1v) is 12.5. The third-order valence-electron chi connectivity index (χ3n) is 6.66. The number of aryl methyl sites for hydroxylation is 2. The Balaban J connectivity index is 1.46. The van der Waals surface area contributed by atoms with E-state index in [1.54, 1.807) is 6.20 Å². The van der Waals surface area contributed by atoms with Crippen LogP contribution in [0.2, 0.25) is 0 Å². The van der Waals surface area contributed by atoms with Crippen LogP contribution in [0, 0.1) is 13.8 Å². The van der Waals surface area contributed by atoms with Crippen molar-refractivity contribution >= 4 is 28.9 Å². The van der Waals surface area contributed by atoms with E-state index < -0.39 is 0 Å². The van der Waals surface area contributed by atoms with Crippen LogP contribution in [0.4, 0.5) is 5.69 Å². The molecule has 3 heterocycles. The molecule has 0 aliphatic carbocycles. The highest BCUT2D eigenvalue weighted by Crippen LogP contribution is 2.39. The first-order chi connectivity index (χ1) is 17.5. The van der Waals surface area contributed by atoms with E-state index in [0.717, 1.165) is 28.3 Å². The Morgan fingerprint density at radius 2 is 1.72 bits per heavy atom. The van der Waals surface area contributed by atoms with Gasteiger partial charge in [0, 0.05) is 42.4 Å². The smallest absolute Gasteiger partial charge is 0.226 e. The minimum absolute atomic E-state index is 0.0403. The number of nitrogens with zero attached hydrogens (tertiary/aromatic N) is 3. The van der Waals surface area contributed by atoms with Crippen LogP contribution in [-0.4, -0.2) is 32.0 Å². The first-order valence-electron chi connectivity index (χ1n) is 12.1. The number of para-hydroxylation sites is 2. The summed E-state index contributed by atoms with van der Waals surface area (Å²) in [5.41, 5.74) is 6.17. The molecule has 5 rings (SSSR count). The van der Waals surface area contributed by atoms with Crippen molar-refractivity contribution in [2.24, 2.45) is 0 Å². The van der Waals surface area contributed by atoms with Crippen LogP contribution in [-0.2, 0) is 4.79 Å². The fourth-order valence-electron chi connectivity index (χ4n) is 4.80. The zero-order valence-electron chi connectivity index (χ0n) is 20.4. The van der Waals surface area contributed by atoms with Gasteiger partial charge in [0.15, 0.2) is 5.11 Å². The number of nitrogens with one attached hydrogen (secondary N) is 2. The van der Waals surface area contributed by atoms with Gasteiger partial charge < -0.3 is 20.1 Å². The maximum absolute atomic E-state index is 12.9. The summed E-state index contributed by atoms with van der Waals surface area (Å²) in [4.78, 5) is 19.6. The third kappa shape index (κ3) is 4.75. The summed E-state index contributed by atoms with van der Waals surface area (Å²) in [6.07, 6.45) is 4.19. The molecule has 0 saturated carbocycles. The number of thiocarbonyl (C=S) groups is 1. The lowest BCUT2D eigenvalue weighted by atomic mass is 10.0. The van der Waals surface area contributed by atoms with Gasteiger partial charge in [-0.1, -0.05) is 42.5 Å². The van der Waals surface area contributed by atoms with Crippen molar-refractivity contribution in [2.75, 3.05) is 11.9 Å². The molecule has 0 spiro atoms. The molecule has 1 fully saturated rings. The number of aromatic nitrogens is 2. The Morgan fingerprint density at radius 3 is 2.47 bits per heavy atom. The largest absolute Gasteiger partial charge is 0.352 e. The minimum Gasteiger partial charge on any atom is -0.352 e. The van der Waals surface area contributed by atoms with Crippen LogP contribution >= 0.6 is 12.2 Å². The summed E-state index contributed by atoms with van der Waals surface area (Å²) in [6, 6.07) is 26.0. The standard InChI is InChI=1S/C29H29N5OS/c1-20-10-3-5-12-22(20)31-26(35)16-19-34-28(27(32-29(34)36)23-13-7-8-17-30-23)25-15-9-18-33(25)24-14-6-4-11-21(24)2/h3-15,17-18,27-28H,16,19H2,1-2H3,(H,31,35)(H,32,36)/t27-,28-/m0/s1. The predicted octanol–water partition coefficient (Wildman–Crippen LogP) is 5.49. The second-order valence-electron chi connectivity index (χ2n) is 9.02. The molecule has 36 heavy (non-hydrogen) atoms. The molecular formula is C29H29N5OS. The quantitative estimate of drug-likeness (QED) is 0.332. The van der Waals surface area contributed by atoms with Crippen molar-refractivity contribution in [3.63, 3.8) is 0 Å². The van der Waals surface area contributed by atoms with Crippen molar-refractivity contribution in [2.45, 2.75) is 32.4 Å². The van der Waals surface area contributed by atoms with Crippen molar-refractivity contribution < 1.29 is 4.79 Å². The van der Waals surface area contributed by atoms with Gasteiger partial charge in [0.2, 0.25) is 5.91 Å². The van der Waals surface area contributed by atoms with E-state index in [-0.39, 0.29) is 18.0 Å². The van der Waals surface area contributed by atoms with Gasteiger partial charge in [0.05, 0.1) is 17.8 Å². The lowest BCUT2D eigenvalue weighted by Gasteiger charge is -2.29. The molecule has 2 aromatic carbocycles. The molecule has 4 aromatic rings. The summed E-state index contributed by atoms with van der Waals surface area (Å²) in [5, 5.41) is 7.15. The maximum Gasteiger partial charge on any atom is 0.226 e. The van der Waals surface area contributed by atoms with E-state index in [1.807, 2.05) is 61.5 Å². The number of hydrogen-bond acceptors (Lipinski definition) is 3. The molecule has 0 radical (unpaired) electrons. The summed E-state index contributed by atoms with van der Waals surface area (Å²) in [5.74, 6) is -0.0403. The van der Waals surface area contributed by atoms with Crippen LogP contribution in [0.3, 0.4) is 0 Å². The van der Waals surface area contributed by atoms with Crippen molar-refractivity contribution in [1.82, 2.24) is 19.8 Å². The zero-order chi connectivity index (χ0) is 25.1. The van der Waals surface area contributed by atoms with Crippen LogP contribution in [0.25, 0.3) is 5.69 Å². The highest BCUT2D eigenvalue weighted by Gasteiger charge is 2.41. The molecule has 1 aliphatic heterocycles. The first kappa shape index (κ1) is 23.8. The van der Waals surface area contributed by atoms with Gasteiger partial charge in [-0.15, -0.1) is 0 Å². The number of carbonyl (C=O) groups excluding carboxylic acids is 1. The number of carbonyl (C=O) groups is 1. The van der Waals surface area contributed by atoms with Crippen molar-refractivity contribution in [3.8, 4) is 5.69 Å². The molecule has 2 N–H and O–H groups in total. The van der Waals surface area contributed by atoms with E-state index in [9.17, 15) is 4.79 Å². The van der Waals surface area contributed by atoms with Gasteiger partial charge >= 0.3 is 0 Å². The molecule has 1 aliphatic rings. The molecular weight excluding hydrogens is 466 g/mol. The maximum atomic E-state index is 12.9. The topological polar surface area (TPSA) is 62.2 Å². The molecule has 0 unspecified atom stereocenters. The van der Waals surface area contributed by atoms with Gasteiger partial charge in [0.1, 0.15) is 0 Å². The number of amides is 1. The third-order valence-corrected chi connectivity index (χ3v) is 7.01. The summed E-state index contributed by atoms with van der Waals surface area (Å²) >= 11 is 5.80. The molecule has 2 atom stereocenters. The second-order valence-corrected chi connectivity index (χ2v) is 9.41. The fraction of sp³-hybridized carbons (Fsp3) is 0.207. The Labute approximate surface area is 217 Å². The minimum atomic E-state index is -0.143. The molecule has 0 bridgehead atoms. The fourth-order valence-corrected chi connectivity index (χ4v) is 5.14. The Bertz CT molecular complexity index is 1380. The summed E-state index contributed by atoms with van der Waals surface area (Å²) in [7, 11) is 0. The zero-order valence-corrected chi connectivity index (χ0v) is 21.2. The predicted molar refractivity (Wildman–Crippen MR) is 147 cm³/mol. The normalized spacial score (nSPS) is 17.2. The average molecular weight is 496 g/mol. The van der Waals surface area contributed by atoms with Crippen LogP contribution < -0.4 is 10.6 Å². The van der Waals surface area contributed by atoms with E-state index in [2.05, 4.69) is 62.5 Å². The average Bonchev–Trinajstić information content (AvgIpc) is 3.49. The van der Waals surface area contributed by atoms with Crippen LogP contribution in [0.5, 0.6) is 0 Å². The Morgan fingerprint density at radius 1 is 0.972 bits per heavy atom. The summed E-state index contributed by atoms with van der Waals surface area (Å²) in [6.45, 7) is 4.58. The van der Waals surface area contributed by atoms with Crippen molar-refractivity contribution in [3.05, 3.63) is 114 Å². The SMILES string of the molecule is Cc1ccccc1NC(=O)CCN1C(=S)N[C@@H](c2ccccn2)[C@@H]1c1cccn1-c1ccccc1C. The van der Waals surface area contributed by atoms with Gasteiger partial charge in [-0.3, -0.25) is 9.78 Å². The van der Waals surface area contributed by atoms with E-state index in [1.165, 1.54) is 5.56 Å². The number of rotatable bonds is 7. The number of hydrogen-bond donors (Lipinski definition) is 2. The molecule has 2 aromatic heterocycles. The monoisotopic (exact) mass is 495 g/mol. The molecule has 1 saturated heterocycles. The van der Waals surface area contributed by atoms with Crippen LogP contribution in [0.15, 0.2) is 91.3 Å². The highest BCUT2D eigenvalue weighted by atomic mass is 32.1. The van der Waals surface area contributed by atoms with E-state index >= 15 is 0 Å². The van der Waals surface area contributed by atoms with Gasteiger partial charge in [-0.2, -0.15) is 0 Å². The molecule has 1 amide bonds. The van der Waals surface area contributed by atoms with Crippen molar-refractivity contribution in [1.29, 1.82) is 0 Å².